The van der Waals surface area contributed by atoms with Gasteiger partial charge in [-0.2, -0.15) is 4.37 Å². The van der Waals surface area contributed by atoms with Crippen molar-refractivity contribution in [2.75, 3.05) is 145 Å². The number of thiazole rings is 3. The van der Waals surface area contributed by atoms with Crippen LogP contribution in [0.25, 0.3) is 0 Å². The highest BCUT2D eigenvalue weighted by Crippen LogP contribution is 2.43. The van der Waals surface area contributed by atoms with Crippen molar-refractivity contribution in [1.29, 1.82) is 0 Å². The zero-order valence-corrected chi connectivity index (χ0v) is 81.3. The van der Waals surface area contributed by atoms with Crippen molar-refractivity contribution in [3.05, 3.63) is 259 Å². The number of halogens is 7. The van der Waals surface area contributed by atoms with Gasteiger partial charge in [-0.25, -0.2) is 71.2 Å². The fraction of sp³-hybridized carbons (Fsp3) is 0.300. The van der Waals surface area contributed by atoms with Crippen molar-refractivity contribution < 1.29 is 83.7 Å². The van der Waals surface area contributed by atoms with Crippen LogP contribution in [-0.2, 0) is 82.4 Å². The molecule has 12 aromatic rings. The third-order valence-electron chi connectivity index (χ3n) is 24.7. The number of carbonyl (C=O) groups excluding carboxylic acids is 4. The molecular weight excluding hydrogens is 1980 g/mol. The maximum atomic E-state index is 13.8. The van der Waals surface area contributed by atoms with Crippen LogP contribution in [0.1, 0.15) is 63.7 Å². The fourth-order valence-electron chi connectivity index (χ4n) is 18.0. The van der Waals surface area contributed by atoms with Crippen LogP contribution in [0.4, 0.5) is 77.9 Å². The highest BCUT2D eigenvalue weighted by molar-refractivity contribution is 7.94. The summed E-state index contributed by atoms with van der Waals surface area (Å²) < 4.78 is 175. The zero-order chi connectivity index (χ0) is 95.7. The van der Waals surface area contributed by atoms with Gasteiger partial charge in [0, 0.05) is 184 Å². The Labute approximate surface area is 821 Å². The molecule has 8 aliphatic heterocycles. The molecule has 5 atom stereocenters. The average molecular weight is 2080 g/mol. The van der Waals surface area contributed by atoms with E-state index in [4.69, 9.17) is 39.5 Å². The van der Waals surface area contributed by atoms with Crippen LogP contribution in [0.15, 0.2) is 218 Å². The van der Waals surface area contributed by atoms with E-state index < -0.39 is 68.9 Å². The first-order valence-electron chi connectivity index (χ1n) is 42.9. The van der Waals surface area contributed by atoms with E-state index in [0.717, 1.165) is 45.7 Å². The summed E-state index contributed by atoms with van der Waals surface area (Å²) in [6.45, 7) is 11.7. The molecule has 0 bridgehead atoms. The van der Waals surface area contributed by atoms with E-state index in [1.807, 2.05) is 34.1 Å². The minimum atomic E-state index is -3.82. The van der Waals surface area contributed by atoms with Crippen molar-refractivity contribution >= 4 is 204 Å². The highest BCUT2D eigenvalue weighted by atomic mass is 35.5. The first-order valence-corrected chi connectivity index (χ1v) is 53.4. The molecule has 2 unspecified atom stereocenters. The number of morpholine rings is 1. The Bertz CT molecular complexity index is 6920. The number of hydrogen-bond acceptors (Lipinski definition) is 27. The Morgan fingerprint density at radius 2 is 0.875 bits per heavy atom. The minimum Gasteiger partial charge on any atom is -0.378 e. The molecule has 20 rings (SSSR count). The molecule has 31 nitrogen and oxygen atoms in total. The number of aromatic nitrogens is 5. The largest absolute Gasteiger partial charge is 0.378 e. The van der Waals surface area contributed by atoms with Crippen LogP contribution in [0.5, 0.6) is 0 Å². The lowest BCUT2D eigenvalue weighted by Gasteiger charge is -2.47. The van der Waals surface area contributed by atoms with Crippen LogP contribution >= 0.6 is 80.3 Å². The third-order valence-corrected chi connectivity index (χ3v) is 34.5. The SMILES string of the molecule is CC1(c2ccc(Cl)cc2)COCCN1[C@H]1CCN(c2ccc(S(=O)(=O)Nc3nccs3)cc2)C1=O.Cc1nsc(NS(=O)(=O)c2ccc(N3CC[C@H](N4CCc5c4ccc(F)c5Cl)C3=O)cc2)n1.O=C1C(CN2CCc3c2ccc(F)c3Cl)CCN1c1ccc(S(=O)(=O)Nc2nccs2)cc1.O=C1[C@@H](N2CCN(c3cc(F)cc(F)c3)CC2)CCN1c1ccc(S(=O)(=O)Nc2nccs2)cc1.[HH].[HH].[HH].[HH].[HH].[HH]. The predicted molar refractivity (Wildman–Crippen MR) is 532 cm³/mol. The molecule has 724 valence electrons. The Morgan fingerprint density at radius 3 is 1.34 bits per heavy atom. The van der Waals surface area contributed by atoms with Crippen molar-refractivity contribution in [3.8, 4) is 0 Å². The lowest BCUT2D eigenvalue weighted by molar-refractivity contribution is -0.132. The molecule has 6 saturated heterocycles. The number of aryl methyl sites for hydroxylation is 1. The molecule has 6 fully saturated rings. The summed E-state index contributed by atoms with van der Waals surface area (Å²) in [7, 11) is -15.1. The van der Waals surface area contributed by atoms with Gasteiger partial charge in [-0.15, -0.1) is 34.0 Å². The van der Waals surface area contributed by atoms with Gasteiger partial charge in [0.25, 0.3) is 40.1 Å². The Morgan fingerprint density at radius 1 is 0.456 bits per heavy atom. The molecular formula is C90H99Cl3F4N18O13S8. The van der Waals surface area contributed by atoms with Crippen LogP contribution in [0.2, 0.25) is 15.1 Å². The van der Waals surface area contributed by atoms with Gasteiger partial charge in [0.2, 0.25) is 28.8 Å². The number of piperazine rings is 1. The number of benzene rings is 8. The monoisotopic (exact) mass is 2080 g/mol. The van der Waals surface area contributed by atoms with E-state index in [-0.39, 0.29) is 96.1 Å². The number of anilines is 11. The predicted octanol–water partition coefficient (Wildman–Crippen LogP) is 16.3. The van der Waals surface area contributed by atoms with Gasteiger partial charge in [-0.3, -0.25) is 47.9 Å². The van der Waals surface area contributed by atoms with E-state index in [0.29, 0.717) is 180 Å². The lowest BCUT2D eigenvalue weighted by atomic mass is 9.88. The topological polar surface area (TPSA) is 356 Å². The molecule has 0 spiro atoms. The normalized spacial score (nSPS) is 19.8. The number of nitrogens with zero attached hydrogens (tertiary/aromatic N) is 14. The maximum absolute atomic E-state index is 13.8. The molecule has 8 aliphatic rings. The molecule has 4 amide bonds. The Balaban J connectivity index is 0.000000178. The molecule has 136 heavy (non-hydrogen) atoms. The second-order valence-electron chi connectivity index (χ2n) is 32.9. The van der Waals surface area contributed by atoms with Crippen LogP contribution < -0.4 is 53.2 Å². The van der Waals surface area contributed by atoms with Gasteiger partial charge in [-0.1, -0.05) is 46.9 Å². The third kappa shape index (κ3) is 21.0. The highest BCUT2D eigenvalue weighted by Gasteiger charge is 2.48. The van der Waals surface area contributed by atoms with Crippen LogP contribution in [0.3, 0.4) is 0 Å². The standard InChI is InChI=1S/C24H25ClN4O4S2.C23H23F2N5O3S2.C22H20ClFN4O3S2.C21H19ClFN5O3S2.6H2/c1-24(17-2-4-18(25)5-3-17)16-33-14-13-29(24)21-10-12-28(22(21)30)19-6-8-20(9-7-19)35(31,32)27-23-26-11-15-34-23;24-16-13-17(25)15-19(14-16)28-8-10-29(11-9-28)21-5-7-30(22(21)31)18-1-3-20(4-2-18)35(32,33)27-23-26-6-12-34-23;23-20-17-8-10-27(19(17)6-5-18(20)24)13-14-7-11-28(21(14)29)15-1-3-16(4-2-15)33(30,31)26-22-25-9-12-32-22;1-12-24-21(32-25-12)26-33(30,31)14-4-2-13(3-5-14)27-11-9-18(20(27)29)28-10-8-15-17(28)7-6-16(23)19(15)22;;;;;;/h2-9,11,15,21H,10,12-14,16H2,1H3,(H,26,27);1-4,6,12-15,21H,5,7-11H2,(H,26,27);1-6,9,12,14H,7-8,10-11,13H2,(H,25,26);2-7,18H,8-11H2,1H3,(H,24,25,26);6*1H/t21-,24?;21-;;18-;;;;;;/m00.0....../s1. The average Bonchev–Trinajstić information content (AvgIpc) is 1.40. The summed E-state index contributed by atoms with van der Waals surface area (Å²) in [6.07, 6.45) is 8.43. The molecule has 8 aromatic carbocycles. The fourth-order valence-corrected chi connectivity index (χ4v) is 25.8. The van der Waals surface area contributed by atoms with E-state index in [9.17, 15) is 70.4 Å². The summed E-state index contributed by atoms with van der Waals surface area (Å²) in [5.41, 5.74) is 6.88. The van der Waals surface area contributed by atoms with Gasteiger partial charge in [0.15, 0.2) is 15.4 Å². The van der Waals surface area contributed by atoms with Crippen LogP contribution in [0, 0.1) is 36.1 Å². The van der Waals surface area contributed by atoms with Crippen molar-refractivity contribution in [1.82, 2.24) is 34.1 Å². The smallest absolute Gasteiger partial charge is 0.263 e. The number of fused-ring (bicyclic) bond motifs is 2. The molecule has 4 N–H and O–H groups in total. The van der Waals surface area contributed by atoms with Crippen molar-refractivity contribution in [2.24, 2.45) is 5.92 Å². The van der Waals surface area contributed by atoms with Crippen molar-refractivity contribution in [2.45, 2.75) is 95.6 Å². The second kappa shape index (κ2) is 40.6. The number of amides is 4. The summed E-state index contributed by atoms with van der Waals surface area (Å²) in [5.74, 6) is -1.93. The molecule has 46 heteroatoms. The van der Waals surface area contributed by atoms with Crippen LogP contribution in [-0.4, -0.2) is 201 Å². The quantitative estimate of drug-likeness (QED) is 0.0432. The first kappa shape index (κ1) is 96.6. The summed E-state index contributed by atoms with van der Waals surface area (Å²) >= 11 is 22.9. The molecule has 0 radical (unpaired) electrons. The number of hydrogen-bond donors (Lipinski definition) is 4. The van der Waals surface area contributed by atoms with E-state index in [2.05, 4.69) is 64.8 Å². The second-order valence-corrected chi connectivity index (χ2v) is 44.3. The number of carbonyl (C=O) groups is 4. The van der Waals surface area contributed by atoms with Crippen molar-refractivity contribution in [3.63, 3.8) is 0 Å². The minimum absolute atomic E-state index is 0. The maximum Gasteiger partial charge on any atom is 0.263 e. The van der Waals surface area contributed by atoms with E-state index in [1.54, 1.807) is 103 Å². The zero-order valence-electron chi connectivity index (χ0n) is 72.5. The van der Waals surface area contributed by atoms with Gasteiger partial charge in [0.1, 0.15) is 35.1 Å². The first-order chi connectivity index (χ1) is 65.1. The number of rotatable bonds is 23. The van der Waals surface area contributed by atoms with Gasteiger partial charge in [0.05, 0.1) is 66.4 Å². The van der Waals surface area contributed by atoms with E-state index in [1.165, 1.54) is 125 Å². The van der Waals surface area contributed by atoms with Gasteiger partial charge < -0.3 is 39.0 Å². The summed E-state index contributed by atoms with van der Waals surface area (Å²) in [4.78, 5) is 86.3. The summed E-state index contributed by atoms with van der Waals surface area (Å²) in [5, 5.41) is 7.08. The molecule has 0 saturated carbocycles. The molecule has 12 heterocycles. The van der Waals surface area contributed by atoms with E-state index >= 15 is 0 Å². The number of sulfonamides is 4. The molecule has 4 aromatic heterocycles. The number of ether oxygens (including phenoxy) is 1. The summed E-state index contributed by atoms with van der Waals surface area (Å²) in [6, 6.07) is 41.3. The molecule has 0 aliphatic carbocycles. The Hall–Kier alpha value is -11.0. The van der Waals surface area contributed by atoms with Gasteiger partial charge >= 0.3 is 0 Å². The van der Waals surface area contributed by atoms with Gasteiger partial charge in [-0.05, 0) is 215 Å². The lowest BCUT2D eigenvalue weighted by Crippen LogP contribution is -2.58. The Kier molecular flexibility index (Phi) is 28.8. The number of nitrogens with one attached hydrogen (secondary N) is 4.